The molecule has 4 nitrogen and oxygen atoms in total. The molecule has 1 fully saturated rings. The lowest BCUT2D eigenvalue weighted by Crippen LogP contribution is -2.44. The van der Waals surface area contributed by atoms with Gasteiger partial charge in [0.05, 0.1) is 6.61 Å². The van der Waals surface area contributed by atoms with Crippen molar-refractivity contribution in [2.45, 2.75) is 32.2 Å². The van der Waals surface area contributed by atoms with Crippen molar-refractivity contribution >= 4 is 5.91 Å². The molecule has 0 aromatic heterocycles. The van der Waals surface area contributed by atoms with Gasteiger partial charge in [-0.25, -0.2) is 4.39 Å². The molecule has 0 spiro atoms. The summed E-state index contributed by atoms with van der Waals surface area (Å²) in [4.78, 5) is 13.4. The summed E-state index contributed by atoms with van der Waals surface area (Å²) >= 11 is 0. The highest BCUT2D eigenvalue weighted by Gasteiger charge is 2.18. The fourth-order valence-corrected chi connectivity index (χ4v) is 2.60. The van der Waals surface area contributed by atoms with Crippen LogP contribution >= 0.6 is 0 Å². The summed E-state index contributed by atoms with van der Waals surface area (Å²) in [6.07, 6.45) is 2.97. The summed E-state index contributed by atoms with van der Waals surface area (Å²) in [6.45, 7) is 5.23. The fraction of sp³-hybridized carbons (Fsp3) is 0.562. The van der Waals surface area contributed by atoms with Gasteiger partial charge in [-0.1, -0.05) is 0 Å². The van der Waals surface area contributed by atoms with E-state index in [4.69, 9.17) is 4.74 Å². The Morgan fingerprint density at radius 3 is 2.62 bits per heavy atom. The normalized spacial score (nSPS) is 16.7. The average molecular weight is 294 g/mol. The van der Waals surface area contributed by atoms with Crippen LogP contribution in [0.4, 0.5) is 4.39 Å². The van der Waals surface area contributed by atoms with Gasteiger partial charge in [-0.3, -0.25) is 4.79 Å². The van der Waals surface area contributed by atoms with Crippen molar-refractivity contribution in [2.24, 2.45) is 0 Å². The number of nitrogens with one attached hydrogen (secondary N) is 1. The molecule has 21 heavy (non-hydrogen) atoms. The largest absolute Gasteiger partial charge is 0.494 e. The van der Waals surface area contributed by atoms with Crippen LogP contribution in [-0.4, -0.2) is 43.1 Å². The summed E-state index contributed by atoms with van der Waals surface area (Å²) < 4.78 is 18.3. The third-order valence-electron chi connectivity index (χ3n) is 3.70. The predicted octanol–water partition coefficient (Wildman–Crippen LogP) is 2.20. The van der Waals surface area contributed by atoms with Gasteiger partial charge in [0.2, 0.25) is 5.91 Å². The second-order valence-corrected chi connectivity index (χ2v) is 5.47. The summed E-state index contributed by atoms with van der Waals surface area (Å²) in [6, 6.07) is 6.43. The number of hydrogen-bond acceptors (Lipinski definition) is 3. The second-order valence-electron chi connectivity index (χ2n) is 5.47. The van der Waals surface area contributed by atoms with Crippen LogP contribution in [0.5, 0.6) is 5.75 Å². The van der Waals surface area contributed by atoms with E-state index in [2.05, 4.69) is 10.2 Å². The molecular formula is C16H23FN2O2. The zero-order chi connectivity index (χ0) is 15.1. The first kappa shape index (κ1) is 15.8. The van der Waals surface area contributed by atoms with Crippen molar-refractivity contribution < 1.29 is 13.9 Å². The molecule has 0 atom stereocenters. The number of amides is 1. The molecule has 0 unspecified atom stereocenters. The summed E-state index contributed by atoms with van der Waals surface area (Å²) in [5.41, 5.74) is 0. The van der Waals surface area contributed by atoms with Gasteiger partial charge in [0.25, 0.3) is 0 Å². The minimum Gasteiger partial charge on any atom is -0.494 e. The molecule has 1 N–H and O–H groups in total. The third-order valence-corrected chi connectivity index (χ3v) is 3.70. The number of carbonyl (C=O) groups excluding carboxylic acids is 1. The lowest BCUT2D eigenvalue weighted by atomic mass is 10.0. The molecule has 0 aliphatic carbocycles. The number of benzene rings is 1. The highest BCUT2D eigenvalue weighted by Crippen LogP contribution is 2.13. The van der Waals surface area contributed by atoms with Crippen molar-refractivity contribution in [3.8, 4) is 5.75 Å². The lowest BCUT2D eigenvalue weighted by molar-refractivity contribution is -0.119. The number of likely N-dealkylation sites (tertiary alicyclic amines) is 1. The molecule has 1 aromatic carbocycles. The number of ether oxygens (including phenoxy) is 1. The Bertz CT molecular complexity index is 442. The molecule has 0 bridgehead atoms. The molecule has 1 amide bonds. The van der Waals surface area contributed by atoms with Gasteiger partial charge in [-0.2, -0.15) is 0 Å². The SMILES string of the molecule is CC(=O)NC1CCN(CCCOc2ccc(F)cc2)CC1. The Balaban J connectivity index is 1.57. The minimum absolute atomic E-state index is 0.0566. The Kier molecular flexibility index (Phi) is 5.99. The number of carbonyl (C=O) groups is 1. The second kappa shape index (κ2) is 7.98. The molecule has 1 heterocycles. The smallest absolute Gasteiger partial charge is 0.217 e. The van der Waals surface area contributed by atoms with Crippen molar-refractivity contribution in [1.82, 2.24) is 10.2 Å². The zero-order valence-corrected chi connectivity index (χ0v) is 12.5. The van der Waals surface area contributed by atoms with Crippen LogP contribution < -0.4 is 10.1 Å². The molecule has 1 saturated heterocycles. The molecule has 1 aliphatic heterocycles. The quantitative estimate of drug-likeness (QED) is 0.818. The first-order valence-electron chi connectivity index (χ1n) is 7.51. The maximum absolute atomic E-state index is 12.7. The molecule has 2 rings (SSSR count). The van der Waals surface area contributed by atoms with Crippen LogP contribution in [0, 0.1) is 5.82 Å². The first-order chi connectivity index (χ1) is 10.1. The molecular weight excluding hydrogens is 271 g/mol. The van der Waals surface area contributed by atoms with Gasteiger partial charge in [-0.05, 0) is 43.5 Å². The van der Waals surface area contributed by atoms with E-state index >= 15 is 0 Å². The van der Waals surface area contributed by atoms with E-state index in [1.807, 2.05) is 0 Å². The van der Waals surface area contributed by atoms with Crippen molar-refractivity contribution in [3.63, 3.8) is 0 Å². The molecule has 1 aromatic rings. The Hall–Kier alpha value is -1.62. The van der Waals surface area contributed by atoms with Crippen LogP contribution in [0.3, 0.4) is 0 Å². The van der Waals surface area contributed by atoms with E-state index in [0.29, 0.717) is 18.4 Å². The van der Waals surface area contributed by atoms with Crippen LogP contribution in [0.2, 0.25) is 0 Å². The summed E-state index contributed by atoms with van der Waals surface area (Å²) in [5.74, 6) is 0.520. The van der Waals surface area contributed by atoms with E-state index in [0.717, 1.165) is 38.9 Å². The maximum atomic E-state index is 12.7. The lowest BCUT2D eigenvalue weighted by Gasteiger charge is -2.32. The maximum Gasteiger partial charge on any atom is 0.217 e. The van der Waals surface area contributed by atoms with Gasteiger partial charge in [0.1, 0.15) is 11.6 Å². The molecule has 5 heteroatoms. The van der Waals surface area contributed by atoms with Gasteiger partial charge in [-0.15, -0.1) is 0 Å². The van der Waals surface area contributed by atoms with Crippen molar-refractivity contribution in [3.05, 3.63) is 30.1 Å². The fourth-order valence-electron chi connectivity index (χ4n) is 2.60. The van der Waals surface area contributed by atoms with Gasteiger partial charge in [0, 0.05) is 32.6 Å². The van der Waals surface area contributed by atoms with Gasteiger partial charge >= 0.3 is 0 Å². The number of halogens is 1. The van der Waals surface area contributed by atoms with Crippen molar-refractivity contribution in [1.29, 1.82) is 0 Å². The first-order valence-corrected chi connectivity index (χ1v) is 7.51. The highest BCUT2D eigenvalue weighted by molar-refractivity contribution is 5.73. The average Bonchev–Trinajstić information content (AvgIpc) is 2.46. The van der Waals surface area contributed by atoms with Crippen LogP contribution in [-0.2, 0) is 4.79 Å². The van der Waals surface area contributed by atoms with Gasteiger partial charge < -0.3 is 15.0 Å². The molecule has 0 radical (unpaired) electrons. The molecule has 1 aliphatic rings. The monoisotopic (exact) mass is 294 g/mol. The minimum atomic E-state index is -0.246. The van der Waals surface area contributed by atoms with Crippen LogP contribution in [0.15, 0.2) is 24.3 Å². The number of rotatable bonds is 6. The number of piperidine rings is 1. The third kappa shape index (κ3) is 5.71. The Morgan fingerprint density at radius 1 is 1.33 bits per heavy atom. The van der Waals surface area contributed by atoms with E-state index < -0.39 is 0 Å². The molecule has 0 saturated carbocycles. The standard InChI is InChI=1S/C16H23FN2O2/c1-13(20)18-15-7-10-19(11-8-15)9-2-12-21-16-5-3-14(17)4-6-16/h3-6,15H,2,7-12H2,1H3,(H,18,20). The highest BCUT2D eigenvalue weighted by atomic mass is 19.1. The van der Waals surface area contributed by atoms with Crippen LogP contribution in [0.25, 0.3) is 0 Å². The zero-order valence-electron chi connectivity index (χ0n) is 12.5. The topological polar surface area (TPSA) is 41.6 Å². The summed E-state index contributed by atoms with van der Waals surface area (Å²) in [5, 5.41) is 2.97. The predicted molar refractivity (Wildman–Crippen MR) is 79.8 cm³/mol. The number of hydrogen-bond donors (Lipinski definition) is 1. The van der Waals surface area contributed by atoms with E-state index in [1.54, 1.807) is 19.1 Å². The van der Waals surface area contributed by atoms with E-state index in [-0.39, 0.29) is 11.7 Å². The van der Waals surface area contributed by atoms with Gasteiger partial charge in [0.15, 0.2) is 0 Å². The van der Waals surface area contributed by atoms with Crippen LogP contribution in [0.1, 0.15) is 26.2 Å². The molecule has 116 valence electrons. The van der Waals surface area contributed by atoms with E-state index in [9.17, 15) is 9.18 Å². The summed E-state index contributed by atoms with van der Waals surface area (Å²) in [7, 11) is 0. The number of nitrogens with zero attached hydrogens (tertiary/aromatic N) is 1. The Morgan fingerprint density at radius 2 is 2.00 bits per heavy atom. The van der Waals surface area contributed by atoms with Crippen molar-refractivity contribution in [2.75, 3.05) is 26.2 Å². The van der Waals surface area contributed by atoms with E-state index in [1.165, 1.54) is 12.1 Å². The Labute approximate surface area is 125 Å².